The maximum Gasteiger partial charge on any atom is 0.152 e. The zero-order valence-electron chi connectivity index (χ0n) is 10.0. The zero-order chi connectivity index (χ0) is 12.6. The number of hydrogen-bond acceptors (Lipinski definition) is 3. The van der Waals surface area contributed by atoms with Gasteiger partial charge in [0.25, 0.3) is 0 Å². The maximum atomic E-state index is 11.6. The maximum absolute atomic E-state index is 11.6. The van der Waals surface area contributed by atoms with Gasteiger partial charge in [0, 0.05) is 28.8 Å². The first kappa shape index (κ1) is 11.6. The monoisotopic (exact) mass is 264 g/mol. The number of nitrogens with one attached hydrogen (secondary N) is 2. The third-order valence-corrected chi connectivity index (χ3v) is 5.21. The molecular weight excluding hydrogens is 248 g/mol. The van der Waals surface area contributed by atoms with Crippen LogP contribution in [-0.4, -0.2) is 30.9 Å². The molecule has 96 valence electrons. The van der Waals surface area contributed by atoms with E-state index in [-0.39, 0.29) is 11.8 Å². The first-order chi connectivity index (χ1) is 8.62. The second kappa shape index (κ2) is 4.31. The lowest BCUT2D eigenvalue weighted by Gasteiger charge is -2.24. The van der Waals surface area contributed by atoms with Crippen LogP contribution in [0.5, 0.6) is 0 Å². The lowest BCUT2D eigenvalue weighted by molar-refractivity contribution is 0.562. The summed E-state index contributed by atoms with van der Waals surface area (Å²) in [6.45, 7) is 0. The lowest BCUT2D eigenvalue weighted by Crippen LogP contribution is -2.34. The van der Waals surface area contributed by atoms with Gasteiger partial charge in [0.15, 0.2) is 9.84 Å². The molecule has 1 atom stereocenters. The summed E-state index contributed by atoms with van der Waals surface area (Å²) >= 11 is 0. The Kier molecular flexibility index (Phi) is 2.78. The number of anilines is 1. The van der Waals surface area contributed by atoms with Crippen LogP contribution in [0.25, 0.3) is 10.9 Å². The molecule has 0 radical (unpaired) electrons. The fourth-order valence-electron chi connectivity index (χ4n) is 2.52. The molecule has 0 aliphatic carbocycles. The van der Waals surface area contributed by atoms with Gasteiger partial charge in [-0.05, 0) is 37.1 Å². The summed E-state index contributed by atoms with van der Waals surface area (Å²) in [5.74, 6) is 0.584. The summed E-state index contributed by atoms with van der Waals surface area (Å²) in [4.78, 5) is 3.14. The molecule has 1 aliphatic rings. The van der Waals surface area contributed by atoms with Gasteiger partial charge in [-0.15, -0.1) is 0 Å². The average molecular weight is 264 g/mol. The molecule has 1 aromatic carbocycles. The number of sulfone groups is 1. The zero-order valence-corrected chi connectivity index (χ0v) is 10.8. The second-order valence-electron chi connectivity index (χ2n) is 4.88. The Morgan fingerprint density at radius 3 is 3.00 bits per heavy atom. The summed E-state index contributed by atoms with van der Waals surface area (Å²) < 4.78 is 23.2. The van der Waals surface area contributed by atoms with Gasteiger partial charge in [-0.25, -0.2) is 8.42 Å². The normalized spacial score (nSPS) is 23.0. The number of H-pyrrole nitrogens is 1. The van der Waals surface area contributed by atoms with Crippen molar-refractivity contribution in [2.45, 2.75) is 18.9 Å². The van der Waals surface area contributed by atoms with E-state index in [2.05, 4.69) is 10.3 Å². The van der Waals surface area contributed by atoms with Crippen LogP contribution in [0, 0.1) is 0 Å². The predicted octanol–water partition coefficient (Wildman–Crippen LogP) is 2.16. The minimum Gasteiger partial charge on any atom is -0.381 e. The number of aromatic nitrogens is 1. The second-order valence-corrected chi connectivity index (χ2v) is 7.11. The molecule has 18 heavy (non-hydrogen) atoms. The molecule has 5 heteroatoms. The molecule has 2 heterocycles. The van der Waals surface area contributed by atoms with Crippen molar-refractivity contribution in [2.75, 3.05) is 16.8 Å². The molecule has 4 nitrogen and oxygen atoms in total. The van der Waals surface area contributed by atoms with Crippen molar-refractivity contribution >= 4 is 26.4 Å². The Morgan fingerprint density at radius 1 is 1.28 bits per heavy atom. The Morgan fingerprint density at radius 2 is 2.17 bits per heavy atom. The van der Waals surface area contributed by atoms with Crippen LogP contribution < -0.4 is 5.32 Å². The molecule has 1 saturated heterocycles. The van der Waals surface area contributed by atoms with Gasteiger partial charge in [-0.3, -0.25) is 0 Å². The minimum absolute atomic E-state index is 0.0418. The fourth-order valence-corrected chi connectivity index (χ4v) is 4.15. The third kappa shape index (κ3) is 2.36. The van der Waals surface area contributed by atoms with Crippen molar-refractivity contribution in [3.05, 3.63) is 30.5 Å². The standard InChI is InChI=1S/C13H16N2O2S/c16-18(17)7-1-2-12(9-18)15-11-3-4-13-10(8-11)5-6-14-13/h3-6,8,12,14-15H,1-2,7,9H2. The highest BCUT2D eigenvalue weighted by Crippen LogP contribution is 2.21. The number of fused-ring (bicyclic) bond motifs is 1. The van der Waals surface area contributed by atoms with Gasteiger partial charge in [-0.1, -0.05) is 0 Å². The lowest BCUT2D eigenvalue weighted by atomic mass is 10.1. The van der Waals surface area contributed by atoms with Gasteiger partial charge in [0.2, 0.25) is 0 Å². The molecule has 0 spiro atoms. The Hall–Kier alpha value is -1.49. The van der Waals surface area contributed by atoms with Gasteiger partial charge in [0.1, 0.15) is 0 Å². The Bertz CT molecular complexity index is 660. The van der Waals surface area contributed by atoms with Crippen LogP contribution in [0.1, 0.15) is 12.8 Å². The quantitative estimate of drug-likeness (QED) is 0.873. The molecule has 0 amide bonds. The molecule has 3 rings (SSSR count). The van der Waals surface area contributed by atoms with Crippen molar-refractivity contribution in [3.63, 3.8) is 0 Å². The fraction of sp³-hybridized carbons (Fsp3) is 0.385. The molecule has 2 aromatic rings. The van der Waals surface area contributed by atoms with Crippen molar-refractivity contribution in [1.82, 2.24) is 4.98 Å². The number of hydrogen-bond donors (Lipinski definition) is 2. The van der Waals surface area contributed by atoms with E-state index in [0.29, 0.717) is 5.75 Å². The smallest absolute Gasteiger partial charge is 0.152 e. The van der Waals surface area contributed by atoms with Crippen LogP contribution in [0.15, 0.2) is 30.5 Å². The van der Waals surface area contributed by atoms with Gasteiger partial charge in [-0.2, -0.15) is 0 Å². The molecular formula is C13H16N2O2S. The molecule has 0 saturated carbocycles. The third-order valence-electron chi connectivity index (χ3n) is 3.39. The van der Waals surface area contributed by atoms with E-state index < -0.39 is 9.84 Å². The number of aromatic amines is 1. The first-order valence-electron chi connectivity index (χ1n) is 6.16. The van der Waals surface area contributed by atoms with E-state index in [0.717, 1.165) is 29.4 Å². The van der Waals surface area contributed by atoms with Gasteiger partial charge in [0.05, 0.1) is 11.5 Å². The van der Waals surface area contributed by atoms with Crippen molar-refractivity contribution in [3.8, 4) is 0 Å². The minimum atomic E-state index is -2.85. The van der Waals surface area contributed by atoms with Crippen LogP contribution in [-0.2, 0) is 9.84 Å². The van der Waals surface area contributed by atoms with E-state index in [9.17, 15) is 8.42 Å². The Balaban J connectivity index is 1.79. The van der Waals surface area contributed by atoms with E-state index in [1.54, 1.807) is 0 Å². The van der Waals surface area contributed by atoms with E-state index in [4.69, 9.17) is 0 Å². The van der Waals surface area contributed by atoms with E-state index >= 15 is 0 Å². The van der Waals surface area contributed by atoms with Crippen LogP contribution in [0.3, 0.4) is 0 Å². The van der Waals surface area contributed by atoms with E-state index in [1.807, 2.05) is 30.5 Å². The topological polar surface area (TPSA) is 62.0 Å². The summed E-state index contributed by atoms with van der Waals surface area (Å²) in [6, 6.07) is 8.10. The van der Waals surface area contributed by atoms with Crippen molar-refractivity contribution in [1.29, 1.82) is 0 Å². The summed E-state index contributed by atoms with van der Waals surface area (Å²) in [6.07, 6.45) is 3.58. The first-order valence-corrected chi connectivity index (χ1v) is 7.99. The van der Waals surface area contributed by atoms with Crippen molar-refractivity contribution in [2.24, 2.45) is 0 Å². The molecule has 0 bridgehead atoms. The number of benzene rings is 1. The highest BCUT2D eigenvalue weighted by Gasteiger charge is 2.24. The van der Waals surface area contributed by atoms with Crippen LogP contribution >= 0.6 is 0 Å². The van der Waals surface area contributed by atoms with Crippen LogP contribution in [0.2, 0.25) is 0 Å². The highest BCUT2D eigenvalue weighted by atomic mass is 32.2. The van der Waals surface area contributed by atoms with Gasteiger partial charge < -0.3 is 10.3 Å². The molecule has 1 fully saturated rings. The van der Waals surface area contributed by atoms with E-state index in [1.165, 1.54) is 0 Å². The largest absolute Gasteiger partial charge is 0.381 e. The van der Waals surface area contributed by atoms with Crippen molar-refractivity contribution < 1.29 is 8.42 Å². The van der Waals surface area contributed by atoms with Crippen LogP contribution in [0.4, 0.5) is 5.69 Å². The average Bonchev–Trinajstić information content (AvgIpc) is 2.74. The molecule has 2 N–H and O–H groups in total. The molecule has 1 aliphatic heterocycles. The predicted molar refractivity (Wildman–Crippen MR) is 73.6 cm³/mol. The molecule has 1 unspecified atom stereocenters. The number of rotatable bonds is 2. The van der Waals surface area contributed by atoms with Gasteiger partial charge >= 0.3 is 0 Å². The summed E-state index contributed by atoms with van der Waals surface area (Å²) in [7, 11) is -2.85. The summed E-state index contributed by atoms with van der Waals surface area (Å²) in [5, 5.41) is 4.46. The highest BCUT2D eigenvalue weighted by molar-refractivity contribution is 7.91. The summed E-state index contributed by atoms with van der Waals surface area (Å²) in [5.41, 5.74) is 2.08. The molecule has 1 aromatic heterocycles. The SMILES string of the molecule is O=S1(=O)CCCC(Nc2ccc3[nH]ccc3c2)C1. The Labute approximate surface area is 106 Å².